The second-order valence-electron chi connectivity index (χ2n) is 3.35. The summed E-state index contributed by atoms with van der Waals surface area (Å²) in [5.41, 5.74) is -1.26. The Balaban J connectivity index is 2.86. The van der Waals surface area contributed by atoms with Crippen LogP contribution < -0.4 is 5.69 Å². The summed E-state index contributed by atoms with van der Waals surface area (Å²) in [5, 5.41) is -0.104. The molecule has 86 valence electrons. The van der Waals surface area contributed by atoms with Crippen LogP contribution in [0.4, 0.5) is 13.2 Å². The number of alkyl halides is 3. The Bertz CT molecular complexity index is 611. The van der Waals surface area contributed by atoms with E-state index in [1.165, 1.54) is 17.8 Å². The van der Waals surface area contributed by atoms with Crippen molar-refractivity contribution in [3.63, 3.8) is 0 Å². The number of hydrogen-bond donors (Lipinski definition) is 0. The largest absolute Gasteiger partial charge is 0.417 e. The van der Waals surface area contributed by atoms with Crippen LogP contribution in [0.1, 0.15) is 5.56 Å². The summed E-state index contributed by atoms with van der Waals surface area (Å²) in [6.45, 7) is 0. The van der Waals surface area contributed by atoms with Gasteiger partial charge in [-0.1, -0.05) is 11.6 Å². The van der Waals surface area contributed by atoms with Crippen LogP contribution in [0.5, 0.6) is 0 Å². The van der Waals surface area contributed by atoms with E-state index < -0.39 is 17.4 Å². The Hall–Kier alpha value is -1.43. The van der Waals surface area contributed by atoms with Crippen molar-refractivity contribution in [2.24, 2.45) is 7.05 Å². The van der Waals surface area contributed by atoms with E-state index in [1.54, 1.807) is 0 Å². The SMILES string of the molecule is Cn1cc2c(Cl)cc(C(F)(F)F)cn2c1=O. The van der Waals surface area contributed by atoms with E-state index in [4.69, 9.17) is 11.6 Å². The summed E-state index contributed by atoms with van der Waals surface area (Å²) in [5.74, 6) is 0. The lowest BCUT2D eigenvalue weighted by molar-refractivity contribution is -0.137. The Morgan fingerprint density at radius 2 is 1.94 bits per heavy atom. The van der Waals surface area contributed by atoms with Crippen molar-refractivity contribution in [1.29, 1.82) is 0 Å². The molecule has 0 aliphatic carbocycles. The standard InChI is InChI=1S/C9H6ClF3N2O/c1-14-4-7-6(10)2-5(9(11,12)13)3-15(7)8(14)16/h2-4H,1H3. The zero-order valence-electron chi connectivity index (χ0n) is 8.05. The molecule has 16 heavy (non-hydrogen) atoms. The van der Waals surface area contributed by atoms with E-state index in [9.17, 15) is 18.0 Å². The van der Waals surface area contributed by atoms with Gasteiger partial charge in [0, 0.05) is 19.4 Å². The Kier molecular flexibility index (Phi) is 2.27. The monoisotopic (exact) mass is 250 g/mol. The van der Waals surface area contributed by atoms with Crippen LogP contribution in [0.2, 0.25) is 5.02 Å². The van der Waals surface area contributed by atoms with Gasteiger partial charge in [0.25, 0.3) is 0 Å². The maximum atomic E-state index is 12.5. The van der Waals surface area contributed by atoms with Gasteiger partial charge in [0.1, 0.15) is 0 Å². The van der Waals surface area contributed by atoms with Gasteiger partial charge in [-0.15, -0.1) is 0 Å². The average Bonchev–Trinajstić information content (AvgIpc) is 2.44. The van der Waals surface area contributed by atoms with Gasteiger partial charge in [-0.05, 0) is 6.07 Å². The maximum absolute atomic E-state index is 12.5. The van der Waals surface area contributed by atoms with Crippen molar-refractivity contribution >= 4 is 17.1 Å². The minimum absolute atomic E-state index is 0.104. The Labute approximate surface area is 92.7 Å². The van der Waals surface area contributed by atoms with E-state index in [1.807, 2.05) is 0 Å². The molecule has 0 aromatic carbocycles. The summed E-state index contributed by atoms with van der Waals surface area (Å²) in [6.07, 6.45) is -2.40. The Morgan fingerprint density at radius 1 is 1.31 bits per heavy atom. The number of hydrogen-bond acceptors (Lipinski definition) is 1. The van der Waals surface area contributed by atoms with Crippen LogP contribution in [-0.2, 0) is 13.2 Å². The number of aryl methyl sites for hydroxylation is 1. The second-order valence-corrected chi connectivity index (χ2v) is 3.76. The molecule has 0 N–H and O–H groups in total. The van der Waals surface area contributed by atoms with Crippen LogP contribution in [0.25, 0.3) is 5.52 Å². The first-order valence-corrected chi connectivity index (χ1v) is 4.63. The van der Waals surface area contributed by atoms with Crippen molar-refractivity contribution in [3.05, 3.63) is 39.5 Å². The van der Waals surface area contributed by atoms with E-state index >= 15 is 0 Å². The fourth-order valence-electron chi connectivity index (χ4n) is 1.42. The molecule has 2 heterocycles. The highest BCUT2D eigenvalue weighted by Crippen LogP contribution is 2.31. The molecule has 0 unspecified atom stereocenters. The number of pyridine rings is 1. The molecule has 7 heteroatoms. The smallest absolute Gasteiger partial charge is 0.301 e. The number of rotatable bonds is 0. The van der Waals surface area contributed by atoms with Gasteiger partial charge in [-0.25, -0.2) is 4.79 Å². The normalized spacial score (nSPS) is 12.3. The minimum Gasteiger partial charge on any atom is -0.301 e. The van der Waals surface area contributed by atoms with Crippen LogP contribution in [-0.4, -0.2) is 8.97 Å². The van der Waals surface area contributed by atoms with Crippen molar-refractivity contribution in [1.82, 2.24) is 8.97 Å². The quantitative estimate of drug-likeness (QED) is 0.705. The number of aromatic nitrogens is 2. The summed E-state index contributed by atoms with van der Waals surface area (Å²) in [7, 11) is 1.44. The van der Waals surface area contributed by atoms with E-state index in [0.29, 0.717) is 0 Å². The lowest BCUT2D eigenvalue weighted by atomic mass is 10.2. The van der Waals surface area contributed by atoms with Gasteiger partial charge < -0.3 is 4.57 Å². The summed E-state index contributed by atoms with van der Waals surface area (Å²) in [4.78, 5) is 11.5. The third-order valence-corrected chi connectivity index (χ3v) is 2.51. The minimum atomic E-state index is -4.52. The molecule has 2 aromatic heterocycles. The number of halogens is 4. The molecule has 0 spiro atoms. The highest BCUT2D eigenvalue weighted by atomic mass is 35.5. The molecule has 0 saturated heterocycles. The number of nitrogens with zero attached hydrogens (tertiary/aromatic N) is 2. The van der Waals surface area contributed by atoms with Gasteiger partial charge in [0.05, 0.1) is 16.1 Å². The van der Waals surface area contributed by atoms with Gasteiger partial charge in [0.2, 0.25) is 0 Å². The molecule has 0 fully saturated rings. The van der Waals surface area contributed by atoms with Crippen LogP contribution >= 0.6 is 11.6 Å². The first-order valence-electron chi connectivity index (χ1n) is 4.25. The van der Waals surface area contributed by atoms with Crippen molar-refractivity contribution in [3.8, 4) is 0 Å². The molecule has 0 aliphatic rings. The van der Waals surface area contributed by atoms with Gasteiger partial charge in [-0.3, -0.25) is 4.40 Å². The molecule has 0 radical (unpaired) electrons. The van der Waals surface area contributed by atoms with Crippen molar-refractivity contribution in [2.75, 3.05) is 0 Å². The first-order chi connectivity index (χ1) is 7.30. The maximum Gasteiger partial charge on any atom is 0.417 e. The predicted molar refractivity (Wildman–Crippen MR) is 52.7 cm³/mol. The highest BCUT2D eigenvalue weighted by Gasteiger charge is 2.32. The van der Waals surface area contributed by atoms with Gasteiger partial charge in [0.15, 0.2) is 0 Å². The van der Waals surface area contributed by atoms with E-state index in [0.717, 1.165) is 16.7 Å². The van der Waals surface area contributed by atoms with E-state index in [-0.39, 0.29) is 10.5 Å². The second kappa shape index (κ2) is 3.28. The molecule has 0 aliphatic heterocycles. The fraction of sp³-hybridized carbons (Fsp3) is 0.222. The van der Waals surface area contributed by atoms with Crippen LogP contribution in [0.15, 0.2) is 23.3 Å². The molecular weight excluding hydrogens is 245 g/mol. The van der Waals surface area contributed by atoms with Crippen LogP contribution in [0, 0.1) is 0 Å². The number of fused-ring (bicyclic) bond motifs is 1. The summed E-state index contributed by atoms with van der Waals surface area (Å²) in [6, 6.07) is 0.802. The van der Waals surface area contributed by atoms with Gasteiger partial charge >= 0.3 is 11.9 Å². The third-order valence-electron chi connectivity index (χ3n) is 2.21. The summed E-state index contributed by atoms with van der Waals surface area (Å²) >= 11 is 5.68. The molecule has 0 amide bonds. The fourth-order valence-corrected chi connectivity index (χ4v) is 1.67. The molecule has 0 saturated carbocycles. The van der Waals surface area contributed by atoms with Crippen LogP contribution in [0.3, 0.4) is 0 Å². The zero-order chi connectivity index (χ0) is 12.1. The molecule has 3 nitrogen and oxygen atoms in total. The summed E-state index contributed by atoms with van der Waals surface area (Å²) < 4.78 is 39.4. The topological polar surface area (TPSA) is 26.4 Å². The average molecular weight is 251 g/mol. The van der Waals surface area contributed by atoms with Gasteiger partial charge in [-0.2, -0.15) is 13.2 Å². The molecule has 2 aromatic rings. The first kappa shape index (κ1) is 11.1. The highest BCUT2D eigenvalue weighted by molar-refractivity contribution is 6.33. The zero-order valence-corrected chi connectivity index (χ0v) is 8.80. The predicted octanol–water partition coefficient (Wildman–Crippen LogP) is 2.31. The van der Waals surface area contributed by atoms with Crippen molar-refractivity contribution in [2.45, 2.75) is 6.18 Å². The third kappa shape index (κ3) is 1.59. The Morgan fingerprint density at radius 3 is 2.50 bits per heavy atom. The van der Waals surface area contributed by atoms with Crippen molar-refractivity contribution < 1.29 is 13.2 Å². The lowest BCUT2D eigenvalue weighted by Gasteiger charge is -2.07. The van der Waals surface area contributed by atoms with E-state index in [2.05, 4.69) is 0 Å². The lowest BCUT2D eigenvalue weighted by Crippen LogP contribution is -2.18. The number of imidazole rings is 1. The molecular formula is C9H6ClF3N2O. The molecule has 0 bridgehead atoms. The molecule has 2 rings (SSSR count). The molecule has 0 atom stereocenters.